The van der Waals surface area contributed by atoms with E-state index in [1.807, 2.05) is 4.57 Å². The molecule has 12 heteroatoms. The molecule has 0 radical (unpaired) electrons. The molecule has 2 aromatic rings. The molecule has 236 valence electrons. The van der Waals surface area contributed by atoms with E-state index in [9.17, 15) is 4.79 Å². The molecule has 3 rings (SSSR count). The fourth-order valence-electron chi connectivity index (χ4n) is 5.97. The van der Waals surface area contributed by atoms with E-state index < -0.39 is 35.5 Å². The number of aromatic nitrogens is 4. The van der Waals surface area contributed by atoms with E-state index in [-0.39, 0.29) is 40.6 Å². The van der Waals surface area contributed by atoms with Crippen LogP contribution < -0.4 is 10.1 Å². The molecule has 2 aromatic heterocycles. The number of hydrogen-bond donors (Lipinski definition) is 1. The number of nitrogens with zero attached hydrogens (tertiary/aromatic N) is 4. The first kappa shape index (κ1) is 34.2. The molecule has 0 bridgehead atoms. The van der Waals surface area contributed by atoms with Gasteiger partial charge < -0.3 is 18.3 Å². The molecule has 10 nitrogen and oxygen atoms in total. The van der Waals surface area contributed by atoms with E-state index in [0.717, 1.165) is 5.57 Å². The van der Waals surface area contributed by atoms with Crippen molar-refractivity contribution in [3.8, 4) is 5.88 Å². The highest BCUT2D eigenvalue weighted by atomic mass is 28.3. The topological polar surface area (TPSA) is 110 Å². The molecule has 1 amide bonds. The predicted molar refractivity (Wildman–Crippen MR) is 173 cm³/mol. The lowest BCUT2D eigenvalue weighted by Crippen LogP contribution is -2.45. The van der Waals surface area contributed by atoms with Gasteiger partial charge in [0, 0.05) is 12.3 Å². The molecule has 4 atom stereocenters. The van der Waals surface area contributed by atoms with Crippen molar-refractivity contribution < 1.29 is 23.1 Å². The van der Waals surface area contributed by atoms with Gasteiger partial charge in [-0.1, -0.05) is 48.1 Å². The Hall–Kier alpha value is -2.29. The van der Waals surface area contributed by atoms with Gasteiger partial charge in [-0.3, -0.25) is 9.88 Å². The summed E-state index contributed by atoms with van der Waals surface area (Å²) in [7, 11) is -1.53. The Morgan fingerprint density at radius 3 is 2.17 bits per heavy atom. The van der Waals surface area contributed by atoms with Crippen LogP contribution in [-0.4, -0.2) is 62.5 Å². The van der Waals surface area contributed by atoms with Crippen molar-refractivity contribution in [1.82, 2.24) is 19.5 Å². The fraction of sp³-hybridized carbons (Fsp3) is 0.733. The number of methoxy groups -OCH3 is 1. The zero-order valence-electron chi connectivity index (χ0n) is 28.2. The van der Waals surface area contributed by atoms with E-state index in [1.165, 1.54) is 7.11 Å². The minimum absolute atomic E-state index is 0.0354. The van der Waals surface area contributed by atoms with Crippen molar-refractivity contribution in [2.45, 2.75) is 112 Å². The van der Waals surface area contributed by atoms with E-state index in [0.29, 0.717) is 17.6 Å². The number of nitrogens with one attached hydrogen (secondary N) is 1. The number of imidazole rings is 1. The van der Waals surface area contributed by atoms with Crippen LogP contribution in [-0.2, 0) is 19.3 Å². The molecule has 1 fully saturated rings. The lowest BCUT2D eigenvalue weighted by molar-refractivity contribution is 0.00573. The predicted octanol–water partition coefficient (Wildman–Crippen LogP) is 6.49. The highest BCUT2D eigenvalue weighted by molar-refractivity contribution is 6.48. The third kappa shape index (κ3) is 7.25. The molecule has 0 spiro atoms. The minimum Gasteiger partial charge on any atom is -0.479 e. The number of fused-ring (bicyclic) bond motifs is 1. The van der Waals surface area contributed by atoms with Crippen molar-refractivity contribution in [2.75, 3.05) is 12.4 Å². The molecule has 0 aromatic carbocycles. The van der Waals surface area contributed by atoms with Gasteiger partial charge in [-0.05, 0) is 69.3 Å². The molecular weight excluding hydrogens is 567 g/mol. The summed E-state index contributed by atoms with van der Waals surface area (Å²) in [5.74, 6) is 0.543. The summed E-state index contributed by atoms with van der Waals surface area (Å²) in [6.45, 7) is 32.6. The van der Waals surface area contributed by atoms with E-state index in [1.54, 1.807) is 27.1 Å². The number of anilines is 1. The average Bonchev–Trinajstić information content (AvgIpc) is 3.34. The monoisotopic (exact) mass is 619 g/mol. The summed E-state index contributed by atoms with van der Waals surface area (Å²) < 4.78 is 26.9. The third-order valence-electron chi connectivity index (χ3n) is 7.54. The van der Waals surface area contributed by atoms with Crippen molar-refractivity contribution in [3.63, 3.8) is 0 Å². The number of ether oxygens (including phenoxy) is 2. The second kappa shape index (κ2) is 12.0. The summed E-state index contributed by atoms with van der Waals surface area (Å²) in [5, 5.41) is 2.66. The van der Waals surface area contributed by atoms with Gasteiger partial charge in [0.2, 0.25) is 11.8 Å². The Morgan fingerprint density at radius 2 is 1.69 bits per heavy atom. The first-order chi connectivity index (χ1) is 19.1. The van der Waals surface area contributed by atoms with Crippen LogP contribution in [0.2, 0.25) is 26.2 Å². The van der Waals surface area contributed by atoms with Crippen LogP contribution in [0.3, 0.4) is 0 Å². The normalized spacial score (nSPS) is 22.7. The first-order valence-corrected chi connectivity index (χ1v) is 20.5. The molecular formula is C30H53N5O5Si2. The molecule has 42 heavy (non-hydrogen) atoms. The largest absolute Gasteiger partial charge is 0.479 e. The van der Waals surface area contributed by atoms with E-state index >= 15 is 0 Å². The lowest BCUT2D eigenvalue weighted by Gasteiger charge is -2.43. The van der Waals surface area contributed by atoms with Gasteiger partial charge in [0.15, 0.2) is 35.0 Å². The molecule has 1 aliphatic rings. The van der Waals surface area contributed by atoms with Crippen LogP contribution in [0, 0.1) is 22.7 Å². The summed E-state index contributed by atoms with van der Waals surface area (Å²) in [6.07, 6.45) is 1.74. The number of carbonyl (C=O) groups is 1. The van der Waals surface area contributed by atoms with Gasteiger partial charge in [0.1, 0.15) is 5.60 Å². The van der Waals surface area contributed by atoms with Crippen molar-refractivity contribution in [3.05, 3.63) is 18.5 Å². The third-order valence-corrected chi connectivity index (χ3v) is 9.23. The fourth-order valence-corrected chi connectivity index (χ4v) is 8.28. The van der Waals surface area contributed by atoms with Gasteiger partial charge in [-0.2, -0.15) is 9.97 Å². The molecule has 1 unspecified atom stereocenters. The molecule has 1 aliphatic carbocycles. The average molecular weight is 620 g/mol. The number of amides is 1. The maximum absolute atomic E-state index is 12.6. The smallest absolute Gasteiger partial charge is 0.414 e. The molecule has 0 saturated heterocycles. The Balaban J connectivity index is 2.27. The van der Waals surface area contributed by atoms with Crippen LogP contribution in [0.15, 0.2) is 18.5 Å². The van der Waals surface area contributed by atoms with Gasteiger partial charge >= 0.3 is 6.09 Å². The summed E-state index contributed by atoms with van der Waals surface area (Å²) in [4.78, 5) is 26.5. The first-order valence-electron chi connectivity index (χ1n) is 14.9. The molecule has 0 aliphatic heterocycles. The van der Waals surface area contributed by atoms with Crippen LogP contribution in [0.25, 0.3) is 11.2 Å². The Morgan fingerprint density at radius 1 is 1.07 bits per heavy atom. The Labute approximate surface area is 255 Å². The van der Waals surface area contributed by atoms with Crippen LogP contribution >= 0.6 is 0 Å². The Kier molecular flexibility index (Phi) is 9.78. The summed E-state index contributed by atoms with van der Waals surface area (Å²) >= 11 is 0. The zero-order chi connectivity index (χ0) is 32.0. The number of rotatable bonds is 8. The lowest BCUT2D eigenvalue weighted by atomic mass is 9.68. The maximum Gasteiger partial charge on any atom is 0.414 e. The van der Waals surface area contributed by atoms with Crippen molar-refractivity contribution in [2.24, 2.45) is 22.7 Å². The van der Waals surface area contributed by atoms with E-state index in [4.69, 9.17) is 34.9 Å². The van der Waals surface area contributed by atoms with Crippen LogP contribution in [0.4, 0.5) is 10.7 Å². The van der Waals surface area contributed by atoms with Crippen molar-refractivity contribution in [1.29, 1.82) is 0 Å². The molecule has 1 N–H and O–H groups in total. The van der Waals surface area contributed by atoms with Gasteiger partial charge in [-0.15, -0.1) is 0 Å². The second-order valence-corrected chi connectivity index (χ2v) is 19.8. The Bertz CT molecular complexity index is 1290. The second-order valence-electron chi connectivity index (χ2n) is 15.1. The van der Waals surface area contributed by atoms with Gasteiger partial charge in [0.25, 0.3) is 0 Å². The highest BCUT2D eigenvalue weighted by Crippen LogP contribution is 2.58. The standard InChI is InChI=1S/C30H53N5O5Si2/c1-18-20(22(28(5,6)7)39-41(12)13)19(27(2,3)4)16-30(18,40-42(14)15)35-17-31-21-23(35)32-25(33-24(21)37-11)34-26(36)38-29(8,9)10/h17,19-20,22,41-42H,1,16H2,2-15H3,(H,32,33,34,36)/t19-,20-,22?,30-/m0/s1. The number of carbonyl (C=O) groups excluding carboxylic acids is 1. The quantitative estimate of drug-likeness (QED) is 0.264. The highest BCUT2D eigenvalue weighted by Gasteiger charge is 2.58. The summed E-state index contributed by atoms with van der Waals surface area (Å²) in [5.41, 5.74) is 0.165. The van der Waals surface area contributed by atoms with Crippen LogP contribution in [0.5, 0.6) is 5.88 Å². The minimum atomic E-state index is -1.65. The van der Waals surface area contributed by atoms with Gasteiger partial charge in [-0.25, -0.2) is 9.78 Å². The number of hydrogen-bond acceptors (Lipinski definition) is 8. The molecule has 2 heterocycles. The molecule has 1 saturated carbocycles. The maximum atomic E-state index is 12.6. The zero-order valence-corrected chi connectivity index (χ0v) is 30.5. The van der Waals surface area contributed by atoms with Gasteiger partial charge in [0.05, 0.1) is 19.5 Å². The summed E-state index contributed by atoms with van der Waals surface area (Å²) in [6, 6.07) is 0. The SMILES string of the molecule is C=C1[C@H](C(O[SiH](C)C)C(C)(C)C)[C@@H](C(C)(C)C)C[C@@]1(O[SiH](C)C)n1cnc2c(OC)nc(NC(=O)OC(C)(C)C)nc21. The van der Waals surface area contributed by atoms with Crippen LogP contribution in [0.1, 0.15) is 68.7 Å². The van der Waals surface area contributed by atoms with E-state index in [2.05, 4.69) is 78.0 Å². The van der Waals surface area contributed by atoms with Crippen molar-refractivity contribution >= 4 is 41.3 Å².